The molecule has 1 aliphatic heterocycles. The van der Waals surface area contributed by atoms with Crippen molar-refractivity contribution in [3.8, 4) is 0 Å². The Bertz CT molecular complexity index is 1010. The van der Waals surface area contributed by atoms with E-state index in [1.807, 2.05) is 6.20 Å². The molecule has 1 aromatic rings. The molecule has 44 heavy (non-hydrogen) atoms. The van der Waals surface area contributed by atoms with Crippen molar-refractivity contribution >= 4 is 17.8 Å². The van der Waals surface area contributed by atoms with Crippen LogP contribution < -0.4 is 10.6 Å². The van der Waals surface area contributed by atoms with Crippen molar-refractivity contribution in [3.63, 3.8) is 0 Å². The number of aromatic nitrogens is 3. The van der Waals surface area contributed by atoms with Crippen LogP contribution in [0.3, 0.4) is 0 Å². The van der Waals surface area contributed by atoms with Gasteiger partial charge in [-0.1, -0.05) is 25.0 Å². The van der Waals surface area contributed by atoms with Gasteiger partial charge in [-0.15, -0.1) is 5.10 Å². The fraction of sp³-hybridized carbons (Fsp3) is 0.815. The quantitative estimate of drug-likeness (QED) is 0.0665. The zero-order chi connectivity index (χ0) is 32.5. The first-order valence-corrected chi connectivity index (χ1v) is 14.8. The molecule has 2 amide bonds. The summed E-state index contributed by atoms with van der Waals surface area (Å²) in [6.45, 7) is 2.32. The van der Waals surface area contributed by atoms with Gasteiger partial charge in [0.2, 0.25) is 11.8 Å². The lowest BCUT2D eigenvalue weighted by Gasteiger charge is -2.46. The van der Waals surface area contributed by atoms with Gasteiger partial charge in [0.1, 0.15) is 18.8 Å². The van der Waals surface area contributed by atoms with E-state index < -0.39 is 73.6 Å². The van der Waals surface area contributed by atoms with Gasteiger partial charge in [0.15, 0.2) is 0 Å². The van der Waals surface area contributed by atoms with Crippen LogP contribution in [0.1, 0.15) is 51.1 Å². The van der Waals surface area contributed by atoms with E-state index in [2.05, 4.69) is 20.9 Å². The van der Waals surface area contributed by atoms with Gasteiger partial charge >= 0.3 is 5.97 Å². The van der Waals surface area contributed by atoms with Crippen molar-refractivity contribution < 1.29 is 58.9 Å². The zero-order valence-corrected chi connectivity index (χ0v) is 25.3. The average Bonchev–Trinajstić information content (AvgIpc) is 3.46. The van der Waals surface area contributed by atoms with Crippen LogP contribution >= 0.6 is 0 Å². The van der Waals surface area contributed by atoms with Crippen LogP contribution in [0.5, 0.6) is 0 Å². The zero-order valence-electron chi connectivity index (χ0n) is 25.3. The van der Waals surface area contributed by atoms with Crippen molar-refractivity contribution in [1.29, 1.82) is 0 Å². The van der Waals surface area contributed by atoms with Gasteiger partial charge in [-0.3, -0.25) is 9.59 Å². The number of nitrogens with one attached hydrogen (secondary N) is 2. The van der Waals surface area contributed by atoms with E-state index in [1.165, 1.54) is 0 Å². The third kappa shape index (κ3) is 12.0. The van der Waals surface area contributed by atoms with Gasteiger partial charge in [-0.05, 0) is 19.3 Å². The molecule has 1 saturated heterocycles. The molecule has 6 atom stereocenters. The molecule has 0 aromatic carbocycles. The normalized spacial score (nSPS) is 23.2. The molecule has 7 N–H and O–H groups in total. The van der Waals surface area contributed by atoms with Gasteiger partial charge in [0, 0.05) is 32.7 Å². The summed E-state index contributed by atoms with van der Waals surface area (Å²) in [6, 6.07) is -1.39. The van der Waals surface area contributed by atoms with Crippen LogP contribution in [-0.4, -0.2) is 141 Å². The first-order chi connectivity index (χ1) is 21.1. The van der Waals surface area contributed by atoms with Crippen molar-refractivity contribution in [2.45, 2.75) is 94.7 Å². The smallest absolute Gasteiger partial charge is 0.364 e. The van der Waals surface area contributed by atoms with Crippen molar-refractivity contribution in [1.82, 2.24) is 25.6 Å². The highest BCUT2D eigenvalue weighted by atomic mass is 16.7. The number of carboxylic acid groups (broad SMARTS) is 1. The van der Waals surface area contributed by atoms with Gasteiger partial charge < -0.3 is 55.1 Å². The van der Waals surface area contributed by atoms with Crippen LogP contribution in [0.4, 0.5) is 0 Å². The Labute approximate surface area is 255 Å². The number of carboxylic acids is 1. The molecule has 1 aliphatic rings. The molecule has 17 nitrogen and oxygen atoms in total. The predicted octanol–water partition coefficient (Wildman–Crippen LogP) is -2.28. The second kappa shape index (κ2) is 19.6. The lowest BCUT2D eigenvalue weighted by Crippen LogP contribution is -2.68. The minimum Gasteiger partial charge on any atom is -0.477 e. The third-order valence-corrected chi connectivity index (χ3v) is 7.08. The molecule has 0 radical (unpaired) electrons. The average molecular weight is 634 g/mol. The second-order valence-electron chi connectivity index (χ2n) is 10.5. The number of aliphatic hydroxyl groups is 4. The number of methoxy groups -OCH3 is 1. The van der Waals surface area contributed by atoms with Crippen LogP contribution in [0.25, 0.3) is 0 Å². The highest BCUT2D eigenvalue weighted by molar-refractivity contribution is 5.78. The Hall–Kier alpha value is -2.77. The number of unbranched alkanes of at least 4 members (excludes halogenated alkanes) is 3. The van der Waals surface area contributed by atoms with Gasteiger partial charge in [-0.2, -0.15) is 0 Å². The molecule has 0 bridgehead atoms. The maximum Gasteiger partial charge on any atom is 0.364 e. The second-order valence-corrected chi connectivity index (χ2v) is 10.5. The van der Waals surface area contributed by atoms with E-state index in [4.69, 9.17) is 24.1 Å². The Morgan fingerprint density at radius 3 is 2.57 bits per heavy atom. The molecule has 0 aliphatic carbocycles. The molecular formula is C27H47N5O12. The first-order valence-electron chi connectivity index (χ1n) is 14.8. The number of nitrogens with zero attached hydrogens (tertiary/aromatic N) is 3. The predicted molar refractivity (Wildman–Crippen MR) is 151 cm³/mol. The fourth-order valence-corrected chi connectivity index (χ4v) is 4.59. The minimum absolute atomic E-state index is 0.0517. The van der Waals surface area contributed by atoms with Crippen molar-refractivity contribution in [2.75, 3.05) is 46.7 Å². The summed E-state index contributed by atoms with van der Waals surface area (Å²) in [6.07, 6.45) is -1.88. The number of amides is 2. The molecule has 2 heterocycles. The fourth-order valence-electron chi connectivity index (χ4n) is 4.59. The molecule has 252 valence electrons. The number of carbonyl (C=O) groups is 3. The summed E-state index contributed by atoms with van der Waals surface area (Å²) in [5.74, 6) is -5.27. The van der Waals surface area contributed by atoms with Crippen molar-refractivity contribution in [2.24, 2.45) is 0 Å². The van der Waals surface area contributed by atoms with E-state index >= 15 is 0 Å². The SMILES string of the molecule is CCC(=O)NC[C@@H](O)[C@@H](O)[C@@H]1O[C@@](OCCCCCCc2cn(CCOCCOC)nn2)(C(=O)O)C[C@H](O)[C@H]1NC(=O)CO. The Kier molecular flexibility index (Phi) is 16.7. The summed E-state index contributed by atoms with van der Waals surface area (Å²) in [4.78, 5) is 35.8. The molecule has 2 rings (SSSR count). The van der Waals surface area contributed by atoms with Crippen LogP contribution in [-0.2, 0) is 46.3 Å². The largest absolute Gasteiger partial charge is 0.477 e. The monoisotopic (exact) mass is 633 g/mol. The number of hydrogen-bond acceptors (Lipinski definition) is 13. The molecule has 0 spiro atoms. The number of ether oxygens (including phenoxy) is 4. The Morgan fingerprint density at radius 1 is 1.14 bits per heavy atom. The summed E-state index contributed by atoms with van der Waals surface area (Å²) >= 11 is 0. The van der Waals surface area contributed by atoms with Crippen LogP contribution in [0.15, 0.2) is 6.20 Å². The molecule has 1 fully saturated rings. The number of aryl methyl sites for hydroxylation is 1. The number of hydrogen-bond donors (Lipinski definition) is 7. The standard InChI is InChI=1S/C27H47N5O12/c1-3-21(36)28-15-20(35)24(38)25-23(29-22(37)17-33)19(34)14-27(44-25,26(39)40)43-10-7-5-4-6-8-18-16-32(31-30-18)9-11-42-13-12-41-2/h16,19-20,23-25,33-35,38H,3-15,17H2,1-2H3,(H,28,36)(H,29,37)(H,39,40)/t19-,20+,23+,24+,25+,27+/m0/s1. The number of rotatable bonds is 22. The molecule has 0 saturated carbocycles. The molecule has 0 unspecified atom stereocenters. The molecule has 1 aromatic heterocycles. The Morgan fingerprint density at radius 2 is 1.89 bits per heavy atom. The lowest BCUT2D eigenvalue weighted by molar-refractivity contribution is -0.310. The number of carbonyl (C=O) groups excluding carboxylic acids is 2. The van der Waals surface area contributed by atoms with Crippen LogP contribution in [0, 0.1) is 0 Å². The Balaban J connectivity index is 1.89. The molecular weight excluding hydrogens is 586 g/mol. The van der Waals surface area contributed by atoms with Gasteiger partial charge in [0.25, 0.3) is 5.79 Å². The number of aliphatic hydroxyl groups excluding tert-OH is 4. The van der Waals surface area contributed by atoms with Gasteiger partial charge in [-0.25, -0.2) is 9.48 Å². The van der Waals surface area contributed by atoms with Gasteiger partial charge in [0.05, 0.1) is 56.9 Å². The summed E-state index contributed by atoms with van der Waals surface area (Å²) in [5.41, 5.74) is 0.844. The van der Waals surface area contributed by atoms with E-state index in [0.29, 0.717) is 45.6 Å². The van der Waals surface area contributed by atoms with E-state index in [9.17, 15) is 34.8 Å². The highest BCUT2D eigenvalue weighted by Crippen LogP contribution is 2.33. The van der Waals surface area contributed by atoms with Crippen LogP contribution in [0.2, 0.25) is 0 Å². The lowest BCUT2D eigenvalue weighted by atomic mass is 9.88. The van der Waals surface area contributed by atoms with E-state index in [1.54, 1.807) is 18.7 Å². The minimum atomic E-state index is -2.39. The number of aliphatic carboxylic acids is 1. The topological polar surface area (TPSA) is 244 Å². The summed E-state index contributed by atoms with van der Waals surface area (Å²) in [5, 5.41) is 64.2. The van der Waals surface area contributed by atoms with E-state index in [-0.39, 0.29) is 13.0 Å². The maximum absolute atomic E-state index is 12.3. The van der Waals surface area contributed by atoms with E-state index in [0.717, 1.165) is 18.5 Å². The highest BCUT2D eigenvalue weighted by Gasteiger charge is 2.55. The molecule has 17 heteroatoms. The third-order valence-electron chi connectivity index (χ3n) is 7.08. The first kappa shape index (κ1) is 37.4. The summed E-state index contributed by atoms with van der Waals surface area (Å²) in [7, 11) is 1.61. The summed E-state index contributed by atoms with van der Waals surface area (Å²) < 4.78 is 23.4. The van der Waals surface area contributed by atoms with Crippen molar-refractivity contribution in [3.05, 3.63) is 11.9 Å². The maximum atomic E-state index is 12.3.